The minimum absolute atomic E-state index is 0.0446. The van der Waals surface area contributed by atoms with Crippen molar-refractivity contribution >= 4 is 29.1 Å². The van der Waals surface area contributed by atoms with Gasteiger partial charge in [0.2, 0.25) is 0 Å². The SMILES string of the molecule is CCN1C(=O)C(SCCO)=C(c2ccc(OCC(C)C)cc2)C1=O. The van der Waals surface area contributed by atoms with Crippen LogP contribution in [0.3, 0.4) is 0 Å². The molecule has 1 aromatic rings. The fourth-order valence-electron chi connectivity index (χ4n) is 2.36. The Morgan fingerprint density at radius 2 is 1.83 bits per heavy atom. The summed E-state index contributed by atoms with van der Waals surface area (Å²) >= 11 is 1.22. The second-order valence-electron chi connectivity index (χ2n) is 5.86. The number of aliphatic hydroxyl groups is 1. The summed E-state index contributed by atoms with van der Waals surface area (Å²) in [6.45, 7) is 6.84. The normalized spacial score (nSPS) is 15.0. The lowest BCUT2D eigenvalue weighted by molar-refractivity contribution is -0.136. The molecule has 1 aliphatic heterocycles. The van der Waals surface area contributed by atoms with E-state index in [1.807, 2.05) is 12.1 Å². The molecule has 0 aliphatic carbocycles. The molecule has 2 rings (SSSR count). The fourth-order valence-corrected chi connectivity index (χ4v) is 3.24. The first-order valence-electron chi connectivity index (χ1n) is 8.06. The van der Waals surface area contributed by atoms with Gasteiger partial charge in [0.25, 0.3) is 11.8 Å². The standard InChI is InChI=1S/C18H23NO4S/c1-4-19-17(21)15(16(18(19)22)24-10-9-20)13-5-7-14(8-6-13)23-11-12(2)3/h5-8,12,20H,4,9-11H2,1-3H3. The molecule has 1 aromatic carbocycles. The number of hydrogen-bond donors (Lipinski definition) is 1. The van der Waals surface area contributed by atoms with Gasteiger partial charge in [0.15, 0.2) is 0 Å². The fraction of sp³-hybridized carbons (Fsp3) is 0.444. The Labute approximate surface area is 146 Å². The molecule has 130 valence electrons. The number of benzene rings is 1. The highest BCUT2D eigenvalue weighted by Gasteiger charge is 2.37. The molecule has 2 amide bonds. The summed E-state index contributed by atoms with van der Waals surface area (Å²) in [6, 6.07) is 7.22. The second kappa shape index (κ2) is 8.35. The van der Waals surface area contributed by atoms with Gasteiger partial charge in [-0.2, -0.15) is 0 Å². The molecule has 0 saturated carbocycles. The van der Waals surface area contributed by atoms with Gasteiger partial charge in [0, 0.05) is 12.3 Å². The summed E-state index contributed by atoms with van der Waals surface area (Å²) in [6.07, 6.45) is 0. The number of imide groups is 1. The van der Waals surface area contributed by atoms with Crippen LogP contribution in [0.5, 0.6) is 5.75 Å². The van der Waals surface area contributed by atoms with Gasteiger partial charge in [-0.05, 0) is 30.5 Å². The maximum atomic E-state index is 12.6. The zero-order valence-corrected chi connectivity index (χ0v) is 15.1. The van der Waals surface area contributed by atoms with Gasteiger partial charge in [-0.15, -0.1) is 11.8 Å². The van der Waals surface area contributed by atoms with E-state index in [1.54, 1.807) is 19.1 Å². The van der Waals surface area contributed by atoms with Crippen molar-refractivity contribution in [3.05, 3.63) is 34.7 Å². The van der Waals surface area contributed by atoms with E-state index >= 15 is 0 Å². The van der Waals surface area contributed by atoms with Crippen molar-refractivity contribution in [2.45, 2.75) is 20.8 Å². The minimum atomic E-state index is -0.281. The van der Waals surface area contributed by atoms with E-state index < -0.39 is 0 Å². The number of likely N-dealkylation sites (N-methyl/N-ethyl adjacent to an activating group) is 1. The van der Waals surface area contributed by atoms with E-state index in [4.69, 9.17) is 9.84 Å². The van der Waals surface area contributed by atoms with Crippen LogP contribution >= 0.6 is 11.8 Å². The summed E-state index contributed by atoms with van der Waals surface area (Å²) in [7, 11) is 0. The third-order valence-corrected chi connectivity index (χ3v) is 4.56. The first kappa shape index (κ1) is 18.5. The molecule has 0 radical (unpaired) electrons. The van der Waals surface area contributed by atoms with Crippen molar-refractivity contribution in [3.8, 4) is 5.75 Å². The Bertz CT molecular complexity index is 637. The van der Waals surface area contributed by atoms with Crippen LogP contribution in [0.4, 0.5) is 0 Å². The molecule has 0 atom stereocenters. The summed E-state index contributed by atoms with van der Waals surface area (Å²) in [5, 5.41) is 9.03. The highest BCUT2D eigenvalue weighted by Crippen LogP contribution is 2.36. The molecule has 0 bridgehead atoms. The van der Waals surface area contributed by atoms with Crippen LogP contribution < -0.4 is 4.74 Å². The molecule has 0 aromatic heterocycles. The molecule has 6 heteroatoms. The zero-order valence-electron chi connectivity index (χ0n) is 14.2. The third-order valence-electron chi connectivity index (χ3n) is 3.51. The predicted octanol–water partition coefficient (Wildman–Crippen LogP) is 2.55. The molecule has 5 nitrogen and oxygen atoms in total. The maximum absolute atomic E-state index is 12.6. The van der Waals surface area contributed by atoms with Gasteiger partial charge in [-0.3, -0.25) is 14.5 Å². The number of ether oxygens (including phenoxy) is 1. The summed E-state index contributed by atoms with van der Waals surface area (Å²) in [5.74, 6) is 0.989. The number of amides is 2. The van der Waals surface area contributed by atoms with Crippen molar-refractivity contribution in [2.75, 3.05) is 25.5 Å². The number of nitrogens with zero attached hydrogens (tertiary/aromatic N) is 1. The largest absolute Gasteiger partial charge is 0.493 e. The van der Waals surface area contributed by atoms with E-state index in [0.717, 1.165) is 5.75 Å². The van der Waals surface area contributed by atoms with E-state index in [2.05, 4.69) is 13.8 Å². The van der Waals surface area contributed by atoms with E-state index in [1.165, 1.54) is 16.7 Å². The van der Waals surface area contributed by atoms with Crippen LogP contribution in [0.25, 0.3) is 5.57 Å². The molecule has 0 unspecified atom stereocenters. The predicted molar refractivity (Wildman–Crippen MR) is 95.6 cm³/mol. The summed E-state index contributed by atoms with van der Waals surface area (Å²) < 4.78 is 5.65. The lowest BCUT2D eigenvalue weighted by Gasteiger charge is -2.12. The second-order valence-corrected chi connectivity index (χ2v) is 6.97. The molecule has 0 fully saturated rings. The summed E-state index contributed by atoms with van der Waals surface area (Å²) in [5.41, 5.74) is 1.11. The molecule has 1 N–H and O–H groups in total. The summed E-state index contributed by atoms with van der Waals surface area (Å²) in [4.78, 5) is 26.6. The minimum Gasteiger partial charge on any atom is -0.493 e. The molecule has 0 saturated heterocycles. The van der Waals surface area contributed by atoms with E-state index in [-0.39, 0.29) is 18.4 Å². The number of thioether (sulfide) groups is 1. The Morgan fingerprint density at radius 1 is 1.17 bits per heavy atom. The van der Waals surface area contributed by atoms with Crippen molar-refractivity contribution < 1.29 is 19.4 Å². The topological polar surface area (TPSA) is 66.8 Å². The van der Waals surface area contributed by atoms with Gasteiger partial charge in [0.1, 0.15) is 5.75 Å². The number of rotatable bonds is 8. The first-order valence-corrected chi connectivity index (χ1v) is 9.05. The van der Waals surface area contributed by atoms with Gasteiger partial charge >= 0.3 is 0 Å². The molecular formula is C18H23NO4S. The van der Waals surface area contributed by atoms with E-state index in [0.29, 0.717) is 40.9 Å². The molecule has 0 spiro atoms. The van der Waals surface area contributed by atoms with Gasteiger partial charge in [-0.1, -0.05) is 26.0 Å². The van der Waals surface area contributed by atoms with Crippen molar-refractivity contribution in [2.24, 2.45) is 5.92 Å². The van der Waals surface area contributed by atoms with Crippen LogP contribution in [-0.2, 0) is 9.59 Å². The Hall–Kier alpha value is -1.79. The van der Waals surface area contributed by atoms with Crippen LogP contribution in [0.1, 0.15) is 26.3 Å². The van der Waals surface area contributed by atoms with Gasteiger partial charge < -0.3 is 9.84 Å². The van der Waals surface area contributed by atoms with E-state index in [9.17, 15) is 9.59 Å². The van der Waals surface area contributed by atoms with Crippen molar-refractivity contribution in [3.63, 3.8) is 0 Å². The van der Waals surface area contributed by atoms with Gasteiger partial charge in [0.05, 0.1) is 23.7 Å². The molecule has 1 aliphatic rings. The Balaban J connectivity index is 2.29. The van der Waals surface area contributed by atoms with Crippen LogP contribution in [0.15, 0.2) is 29.2 Å². The lowest BCUT2D eigenvalue weighted by atomic mass is 10.1. The highest BCUT2D eigenvalue weighted by molar-refractivity contribution is 8.04. The quantitative estimate of drug-likeness (QED) is 0.731. The van der Waals surface area contributed by atoms with Crippen LogP contribution in [0, 0.1) is 5.92 Å². The zero-order chi connectivity index (χ0) is 17.7. The monoisotopic (exact) mass is 349 g/mol. The molecular weight excluding hydrogens is 326 g/mol. The smallest absolute Gasteiger partial charge is 0.267 e. The van der Waals surface area contributed by atoms with Gasteiger partial charge in [-0.25, -0.2) is 0 Å². The maximum Gasteiger partial charge on any atom is 0.267 e. The number of carbonyl (C=O) groups excluding carboxylic acids is 2. The number of carbonyl (C=O) groups is 2. The third kappa shape index (κ3) is 3.99. The van der Waals surface area contributed by atoms with Crippen LogP contribution in [0.2, 0.25) is 0 Å². The van der Waals surface area contributed by atoms with Crippen molar-refractivity contribution in [1.82, 2.24) is 4.90 Å². The lowest BCUT2D eigenvalue weighted by Crippen LogP contribution is -2.31. The average Bonchev–Trinajstić information content (AvgIpc) is 2.81. The van der Waals surface area contributed by atoms with Crippen LogP contribution in [-0.4, -0.2) is 47.3 Å². The number of aliphatic hydroxyl groups excluding tert-OH is 1. The molecule has 1 heterocycles. The highest BCUT2D eigenvalue weighted by atomic mass is 32.2. The Kier molecular flexibility index (Phi) is 6.45. The average molecular weight is 349 g/mol. The molecule has 24 heavy (non-hydrogen) atoms. The Morgan fingerprint density at radius 3 is 2.38 bits per heavy atom. The number of hydrogen-bond acceptors (Lipinski definition) is 5. The van der Waals surface area contributed by atoms with Crippen molar-refractivity contribution in [1.29, 1.82) is 0 Å². The first-order chi connectivity index (χ1) is 11.5.